The molecule has 5 rings (SSSR count). The number of pyridine rings is 1. The number of aromatic carboxylic acids is 1. The van der Waals surface area contributed by atoms with E-state index in [1.165, 1.54) is 10.1 Å². The minimum Gasteiger partial charge on any atom is -0.490 e. The number of carbonyl (C=O) groups is 1. The zero-order valence-electron chi connectivity index (χ0n) is 16.4. The Hall–Kier alpha value is -2.92. The Morgan fingerprint density at radius 3 is 2.66 bits per heavy atom. The standard InChI is InChI=1S/C24H21NO3S/c1-13-10-11-19(28-15-6-5-7-15)21-17(24(26)27)12-18(25-22(13)21)23-14(2)16-8-3-4-9-20(16)29-23/h3-4,8-12,15H,5-7H2,1-2H3,(H,26,27). The van der Waals surface area contributed by atoms with Crippen LogP contribution in [0.4, 0.5) is 0 Å². The summed E-state index contributed by atoms with van der Waals surface area (Å²) >= 11 is 1.65. The monoisotopic (exact) mass is 403 g/mol. The van der Waals surface area contributed by atoms with Crippen LogP contribution in [0.25, 0.3) is 31.6 Å². The molecule has 5 heteroatoms. The third-order valence-electron chi connectivity index (χ3n) is 5.78. The molecule has 0 atom stereocenters. The van der Waals surface area contributed by atoms with Crippen LogP contribution in [0.1, 0.15) is 40.7 Å². The maximum absolute atomic E-state index is 12.2. The number of ether oxygens (including phenoxy) is 1. The van der Waals surface area contributed by atoms with Crippen LogP contribution in [0.15, 0.2) is 42.5 Å². The number of hydrogen-bond acceptors (Lipinski definition) is 4. The summed E-state index contributed by atoms with van der Waals surface area (Å²) in [7, 11) is 0. The van der Waals surface area contributed by atoms with Gasteiger partial charge in [-0.25, -0.2) is 9.78 Å². The third-order valence-corrected chi connectivity index (χ3v) is 7.07. The van der Waals surface area contributed by atoms with Crippen LogP contribution in [0, 0.1) is 13.8 Å². The molecule has 0 saturated heterocycles. The smallest absolute Gasteiger partial charge is 0.336 e. The van der Waals surface area contributed by atoms with Crippen molar-refractivity contribution in [1.82, 2.24) is 4.98 Å². The molecule has 1 N–H and O–H groups in total. The highest BCUT2D eigenvalue weighted by atomic mass is 32.1. The van der Waals surface area contributed by atoms with E-state index in [2.05, 4.69) is 19.1 Å². The van der Waals surface area contributed by atoms with Crippen molar-refractivity contribution in [3.63, 3.8) is 0 Å². The maximum atomic E-state index is 12.2. The van der Waals surface area contributed by atoms with Crippen molar-refractivity contribution < 1.29 is 14.6 Å². The minimum absolute atomic E-state index is 0.173. The second kappa shape index (κ2) is 6.85. The van der Waals surface area contributed by atoms with E-state index in [1.807, 2.05) is 31.2 Å². The number of carboxylic acids is 1. The fourth-order valence-corrected chi connectivity index (χ4v) is 5.08. The fraction of sp³-hybridized carbons (Fsp3) is 0.250. The number of nitrogens with zero attached hydrogens (tertiary/aromatic N) is 1. The summed E-state index contributed by atoms with van der Waals surface area (Å²) < 4.78 is 7.30. The molecule has 1 fully saturated rings. The number of rotatable bonds is 4. The van der Waals surface area contributed by atoms with E-state index in [9.17, 15) is 9.90 Å². The molecular formula is C24H21NO3S. The molecule has 1 aliphatic carbocycles. The van der Waals surface area contributed by atoms with Gasteiger partial charge in [-0.2, -0.15) is 0 Å². The van der Waals surface area contributed by atoms with Crippen molar-refractivity contribution >= 4 is 38.3 Å². The van der Waals surface area contributed by atoms with Gasteiger partial charge in [0.1, 0.15) is 5.75 Å². The largest absolute Gasteiger partial charge is 0.490 e. The summed E-state index contributed by atoms with van der Waals surface area (Å²) in [6.45, 7) is 4.04. The van der Waals surface area contributed by atoms with E-state index in [0.717, 1.165) is 35.3 Å². The van der Waals surface area contributed by atoms with Crippen LogP contribution < -0.4 is 4.74 Å². The predicted molar refractivity (Wildman–Crippen MR) is 117 cm³/mol. The van der Waals surface area contributed by atoms with E-state index in [4.69, 9.17) is 9.72 Å². The third kappa shape index (κ3) is 2.97. The summed E-state index contributed by atoms with van der Waals surface area (Å²) in [5.74, 6) is -0.332. The molecule has 0 spiro atoms. The fourth-order valence-electron chi connectivity index (χ4n) is 3.91. The molecule has 0 bridgehead atoms. The van der Waals surface area contributed by atoms with Gasteiger partial charge in [0.15, 0.2) is 0 Å². The van der Waals surface area contributed by atoms with E-state index in [1.54, 1.807) is 17.4 Å². The second-order valence-corrected chi connectivity index (χ2v) is 8.74. The van der Waals surface area contributed by atoms with Gasteiger partial charge in [-0.3, -0.25) is 0 Å². The Bertz CT molecular complexity index is 1270. The first-order valence-corrected chi connectivity index (χ1v) is 10.7. The molecule has 0 aliphatic heterocycles. The Kier molecular flexibility index (Phi) is 4.28. The summed E-state index contributed by atoms with van der Waals surface area (Å²) in [5.41, 5.74) is 3.74. The molecule has 1 saturated carbocycles. The zero-order valence-corrected chi connectivity index (χ0v) is 17.2. The van der Waals surface area contributed by atoms with Gasteiger partial charge in [-0.1, -0.05) is 24.3 Å². The van der Waals surface area contributed by atoms with E-state index < -0.39 is 5.97 Å². The Balaban J connectivity index is 1.76. The van der Waals surface area contributed by atoms with Crippen LogP contribution in [-0.4, -0.2) is 22.2 Å². The van der Waals surface area contributed by atoms with Gasteiger partial charge in [0.2, 0.25) is 0 Å². The minimum atomic E-state index is -0.957. The van der Waals surface area contributed by atoms with Gasteiger partial charge in [0.25, 0.3) is 0 Å². The normalized spacial score (nSPS) is 14.3. The lowest BCUT2D eigenvalue weighted by Gasteiger charge is -2.27. The summed E-state index contributed by atoms with van der Waals surface area (Å²) in [6.07, 6.45) is 3.37. The van der Waals surface area contributed by atoms with Crippen molar-refractivity contribution in [2.24, 2.45) is 0 Å². The van der Waals surface area contributed by atoms with Crippen molar-refractivity contribution in [1.29, 1.82) is 0 Å². The van der Waals surface area contributed by atoms with Gasteiger partial charge in [-0.15, -0.1) is 11.3 Å². The Morgan fingerprint density at radius 2 is 1.97 bits per heavy atom. The number of carboxylic acid groups (broad SMARTS) is 1. The first-order chi connectivity index (χ1) is 14.0. The van der Waals surface area contributed by atoms with Crippen molar-refractivity contribution in [3.05, 3.63) is 59.2 Å². The van der Waals surface area contributed by atoms with Gasteiger partial charge >= 0.3 is 5.97 Å². The Labute approximate surface area is 172 Å². The molecule has 1 aliphatic rings. The lowest BCUT2D eigenvalue weighted by molar-refractivity contribution is 0.0698. The highest BCUT2D eigenvalue weighted by Gasteiger charge is 2.24. The lowest BCUT2D eigenvalue weighted by atomic mass is 9.95. The van der Waals surface area contributed by atoms with Crippen molar-refractivity contribution in [2.75, 3.05) is 0 Å². The van der Waals surface area contributed by atoms with Crippen LogP contribution in [0.3, 0.4) is 0 Å². The summed E-state index contributed by atoms with van der Waals surface area (Å²) in [6, 6.07) is 13.8. The average Bonchev–Trinajstić information content (AvgIpc) is 3.02. The highest BCUT2D eigenvalue weighted by molar-refractivity contribution is 7.22. The zero-order chi connectivity index (χ0) is 20.1. The van der Waals surface area contributed by atoms with Crippen LogP contribution >= 0.6 is 11.3 Å². The van der Waals surface area contributed by atoms with E-state index in [-0.39, 0.29) is 11.7 Å². The Morgan fingerprint density at radius 1 is 1.17 bits per heavy atom. The lowest BCUT2D eigenvalue weighted by Crippen LogP contribution is -2.24. The van der Waals surface area contributed by atoms with Gasteiger partial charge < -0.3 is 9.84 Å². The number of hydrogen-bond donors (Lipinski definition) is 1. The van der Waals surface area contributed by atoms with Crippen molar-refractivity contribution in [3.8, 4) is 16.3 Å². The number of benzene rings is 2. The predicted octanol–water partition coefficient (Wildman–Crippen LogP) is 6.36. The number of aryl methyl sites for hydroxylation is 2. The average molecular weight is 404 g/mol. The molecule has 4 aromatic rings. The molecule has 0 radical (unpaired) electrons. The molecule has 0 amide bonds. The van der Waals surface area contributed by atoms with E-state index >= 15 is 0 Å². The molecule has 146 valence electrons. The number of fused-ring (bicyclic) bond motifs is 2. The highest BCUT2D eigenvalue weighted by Crippen LogP contribution is 2.40. The first kappa shape index (κ1) is 18.1. The molecule has 2 heterocycles. The molecule has 0 unspecified atom stereocenters. The molecular weight excluding hydrogens is 382 g/mol. The molecule has 2 aromatic heterocycles. The van der Waals surface area contributed by atoms with Gasteiger partial charge in [-0.05, 0) is 67.8 Å². The first-order valence-electron chi connectivity index (χ1n) is 9.85. The van der Waals surface area contributed by atoms with Gasteiger partial charge in [0.05, 0.1) is 33.1 Å². The quantitative estimate of drug-likeness (QED) is 0.430. The summed E-state index contributed by atoms with van der Waals surface area (Å²) in [4.78, 5) is 18.1. The molecule has 29 heavy (non-hydrogen) atoms. The topological polar surface area (TPSA) is 59.4 Å². The van der Waals surface area contributed by atoms with Crippen LogP contribution in [0.5, 0.6) is 5.75 Å². The second-order valence-electron chi connectivity index (χ2n) is 7.69. The maximum Gasteiger partial charge on any atom is 0.336 e. The van der Waals surface area contributed by atoms with Crippen molar-refractivity contribution in [2.45, 2.75) is 39.2 Å². The van der Waals surface area contributed by atoms with Gasteiger partial charge in [0, 0.05) is 4.70 Å². The van der Waals surface area contributed by atoms with E-state index in [0.29, 0.717) is 22.3 Å². The summed E-state index contributed by atoms with van der Waals surface area (Å²) in [5, 5.41) is 11.8. The number of aromatic nitrogens is 1. The SMILES string of the molecule is Cc1c(-c2cc(C(=O)O)c3c(OC4CCC4)ccc(C)c3n2)sc2ccccc12. The van der Waals surface area contributed by atoms with Crippen LogP contribution in [0.2, 0.25) is 0 Å². The number of thiophene rings is 1. The van der Waals surface area contributed by atoms with Crippen LogP contribution in [-0.2, 0) is 0 Å². The molecule has 2 aromatic carbocycles. The molecule has 4 nitrogen and oxygen atoms in total.